The molecular formula is C23H28N4O3. The zero-order chi connectivity index (χ0) is 20.8. The van der Waals surface area contributed by atoms with Crippen molar-refractivity contribution in [3.8, 4) is 22.8 Å². The molecule has 0 aliphatic carbocycles. The highest BCUT2D eigenvalue weighted by Crippen LogP contribution is 2.32. The van der Waals surface area contributed by atoms with E-state index >= 15 is 0 Å². The van der Waals surface area contributed by atoms with E-state index in [1.54, 1.807) is 14.2 Å². The fourth-order valence-corrected chi connectivity index (χ4v) is 3.98. The fourth-order valence-electron chi connectivity index (χ4n) is 3.98. The van der Waals surface area contributed by atoms with Crippen molar-refractivity contribution in [2.24, 2.45) is 0 Å². The maximum absolute atomic E-state index is 5.92. The van der Waals surface area contributed by atoms with Crippen molar-refractivity contribution in [3.63, 3.8) is 0 Å². The second-order valence-corrected chi connectivity index (χ2v) is 7.44. The van der Waals surface area contributed by atoms with Gasteiger partial charge >= 0.3 is 0 Å². The van der Waals surface area contributed by atoms with Gasteiger partial charge in [0.05, 0.1) is 20.3 Å². The number of hydrogen-bond donors (Lipinski definition) is 1. The molecule has 0 radical (unpaired) electrons. The zero-order valence-electron chi connectivity index (χ0n) is 17.5. The Labute approximate surface area is 177 Å². The Balaban J connectivity index is 1.59. The quantitative estimate of drug-likeness (QED) is 0.582. The summed E-state index contributed by atoms with van der Waals surface area (Å²) in [7, 11) is 3.34. The highest BCUT2D eigenvalue weighted by molar-refractivity contribution is 5.60. The molecule has 7 nitrogen and oxygen atoms in total. The van der Waals surface area contributed by atoms with Gasteiger partial charge in [-0.25, -0.2) is 0 Å². The van der Waals surface area contributed by atoms with Crippen molar-refractivity contribution >= 4 is 0 Å². The van der Waals surface area contributed by atoms with Crippen molar-refractivity contribution in [3.05, 3.63) is 59.8 Å². The summed E-state index contributed by atoms with van der Waals surface area (Å²) in [5.41, 5.74) is 3.92. The number of aromatic nitrogens is 3. The van der Waals surface area contributed by atoms with E-state index in [4.69, 9.17) is 14.2 Å². The SMILES string of the molecule is COc1cccc(CN(Cc2n[nH]nc2-c2ccccc2)CC2CCCO2)c1OC. The number of aromatic amines is 1. The van der Waals surface area contributed by atoms with E-state index in [0.717, 1.165) is 60.0 Å². The first-order chi connectivity index (χ1) is 14.8. The van der Waals surface area contributed by atoms with Crippen LogP contribution in [0.15, 0.2) is 48.5 Å². The lowest BCUT2D eigenvalue weighted by Gasteiger charge is -2.26. The van der Waals surface area contributed by atoms with Crippen molar-refractivity contribution < 1.29 is 14.2 Å². The Morgan fingerprint density at radius 1 is 1.03 bits per heavy atom. The maximum Gasteiger partial charge on any atom is 0.165 e. The number of nitrogens with one attached hydrogen (secondary N) is 1. The predicted molar refractivity (Wildman–Crippen MR) is 114 cm³/mol. The number of methoxy groups -OCH3 is 2. The summed E-state index contributed by atoms with van der Waals surface area (Å²) in [4.78, 5) is 2.34. The summed E-state index contributed by atoms with van der Waals surface area (Å²) in [6.07, 6.45) is 2.42. The second kappa shape index (κ2) is 9.73. The molecule has 30 heavy (non-hydrogen) atoms. The normalized spacial score (nSPS) is 16.2. The van der Waals surface area contributed by atoms with Crippen LogP contribution in [0.4, 0.5) is 0 Å². The van der Waals surface area contributed by atoms with E-state index in [2.05, 4.69) is 38.5 Å². The monoisotopic (exact) mass is 408 g/mol. The number of H-pyrrole nitrogens is 1. The first kappa shape index (κ1) is 20.4. The number of rotatable bonds is 9. The lowest BCUT2D eigenvalue weighted by Crippen LogP contribution is -2.32. The van der Waals surface area contributed by atoms with E-state index in [1.807, 2.05) is 30.3 Å². The lowest BCUT2D eigenvalue weighted by atomic mass is 10.1. The number of para-hydroxylation sites is 1. The molecule has 1 aliphatic heterocycles. The molecule has 3 aromatic rings. The van der Waals surface area contributed by atoms with E-state index < -0.39 is 0 Å². The predicted octanol–water partition coefficient (Wildman–Crippen LogP) is 3.67. The summed E-state index contributed by atoms with van der Waals surface area (Å²) in [6, 6.07) is 16.1. The van der Waals surface area contributed by atoms with Gasteiger partial charge in [0.2, 0.25) is 0 Å². The Morgan fingerprint density at radius 2 is 1.90 bits per heavy atom. The molecule has 1 fully saturated rings. The van der Waals surface area contributed by atoms with Crippen molar-refractivity contribution in [2.45, 2.75) is 32.0 Å². The van der Waals surface area contributed by atoms with Gasteiger partial charge in [0.25, 0.3) is 0 Å². The molecule has 2 heterocycles. The van der Waals surface area contributed by atoms with Crippen molar-refractivity contribution in [1.82, 2.24) is 20.3 Å². The van der Waals surface area contributed by atoms with Gasteiger partial charge in [-0.2, -0.15) is 15.4 Å². The minimum Gasteiger partial charge on any atom is -0.493 e. The third kappa shape index (κ3) is 4.63. The molecule has 1 aromatic heterocycles. The van der Waals surface area contributed by atoms with Gasteiger partial charge in [-0.15, -0.1) is 0 Å². The average molecular weight is 409 g/mol. The summed E-state index contributed by atoms with van der Waals surface area (Å²) in [6.45, 7) is 3.00. The molecule has 158 valence electrons. The van der Waals surface area contributed by atoms with Crippen molar-refractivity contribution in [2.75, 3.05) is 27.4 Å². The van der Waals surface area contributed by atoms with Crippen LogP contribution in [0.3, 0.4) is 0 Å². The summed E-state index contributed by atoms with van der Waals surface area (Å²) in [5.74, 6) is 1.50. The first-order valence-electron chi connectivity index (χ1n) is 10.3. The maximum atomic E-state index is 5.92. The minimum atomic E-state index is 0.230. The number of ether oxygens (including phenoxy) is 3. The number of hydrogen-bond acceptors (Lipinski definition) is 6. The molecule has 1 aliphatic rings. The molecule has 7 heteroatoms. The van der Waals surface area contributed by atoms with Gasteiger partial charge in [-0.1, -0.05) is 42.5 Å². The minimum absolute atomic E-state index is 0.230. The van der Waals surface area contributed by atoms with Gasteiger partial charge in [0, 0.05) is 37.4 Å². The van der Waals surface area contributed by atoms with Crippen LogP contribution in [0.2, 0.25) is 0 Å². The van der Waals surface area contributed by atoms with Gasteiger partial charge in [0.15, 0.2) is 11.5 Å². The molecule has 1 saturated heterocycles. The highest BCUT2D eigenvalue weighted by atomic mass is 16.5. The van der Waals surface area contributed by atoms with Crippen LogP contribution in [-0.4, -0.2) is 53.8 Å². The number of nitrogens with zero attached hydrogens (tertiary/aromatic N) is 3. The Kier molecular flexibility index (Phi) is 6.61. The van der Waals surface area contributed by atoms with Gasteiger partial charge in [-0.3, -0.25) is 4.90 Å². The summed E-state index contributed by atoms with van der Waals surface area (Å²) in [5, 5.41) is 11.6. The van der Waals surface area contributed by atoms with E-state index in [0.29, 0.717) is 13.1 Å². The van der Waals surface area contributed by atoms with Crippen LogP contribution in [0, 0.1) is 0 Å². The van der Waals surface area contributed by atoms with E-state index in [9.17, 15) is 0 Å². The largest absolute Gasteiger partial charge is 0.493 e. The molecule has 1 atom stereocenters. The highest BCUT2D eigenvalue weighted by Gasteiger charge is 2.23. The second-order valence-electron chi connectivity index (χ2n) is 7.44. The Hall–Kier alpha value is -2.90. The standard InChI is InChI=1S/C23H28N4O3/c1-28-21-12-6-10-18(23(21)29-2)14-27(15-19-11-7-13-30-19)16-20-22(25-26-24-20)17-8-4-3-5-9-17/h3-6,8-10,12,19H,7,11,13-16H2,1-2H3,(H,24,25,26). The first-order valence-corrected chi connectivity index (χ1v) is 10.3. The van der Waals surface area contributed by atoms with Crippen LogP contribution < -0.4 is 9.47 Å². The Morgan fingerprint density at radius 3 is 2.63 bits per heavy atom. The molecule has 0 bridgehead atoms. The van der Waals surface area contributed by atoms with Crippen LogP contribution in [0.5, 0.6) is 11.5 Å². The molecule has 0 saturated carbocycles. The van der Waals surface area contributed by atoms with Crippen molar-refractivity contribution in [1.29, 1.82) is 0 Å². The molecule has 0 spiro atoms. The molecule has 0 amide bonds. The topological polar surface area (TPSA) is 72.5 Å². The third-order valence-electron chi connectivity index (χ3n) is 5.40. The summed E-state index contributed by atoms with van der Waals surface area (Å²) >= 11 is 0. The van der Waals surface area contributed by atoms with Crippen LogP contribution >= 0.6 is 0 Å². The summed E-state index contributed by atoms with van der Waals surface area (Å²) < 4.78 is 17.0. The zero-order valence-corrected chi connectivity index (χ0v) is 17.5. The van der Waals surface area contributed by atoms with E-state index in [-0.39, 0.29) is 6.10 Å². The lowest BCUT2D eigenvalue weighted by molar-refractivity contribution is 0.0672. The number of benzene rings is 2. The van der Waals surface area contributed by atoms with Crippen LogP contribution in [-0.2, 0) is 17.8 Å². The smallest absolute Gasteiger partial charge is 0.165 e. The van der Waals surface area contributed by atoms with Gasteiger partial charge in [0.1, 0.15) is 11.4 Å². The molecule has 4 rings (SSSR count). The van der Waals surface area contributed by atoms with Gasteiger partial charge < -0.3 is 14.2 Å². The third-order valence-corrected chi connectivity index (χ3v) is 5.40. The average Bonchev–Trinajstić information content (AvgIpc) is 3.46. The molecule has 1 unspecified atom stereocenters. The molecule has 1 N–H and O–H groups in total. The van der Waals surface area contributed by atoms with E-state index in [1.165, 1.54) is 0 Å². The molecule has 2 aromatic carbocycles. The Bertz CT molecular complexity index is 939. The molecular weight excluding hydrogens is 380 g/mol. The fraction of sp³-hybridized carbons (Fsp3) is 0.391. The van der Waals surface area contributed by atoms with Gasteiger partial charge in [-0.05, 0) is 18.9 Å². The van der Waals surface area contributed by atoms with Crippen LogP contribution in [0.1, 0.15) is 24.1 Å². The van der Waals surface area contributed by atoms with Crippen LogP contribution in [0.25, 0.3) is 11.3 Å².